The number of carboxylic acid groups (broad SMARTS) is 1. The molecule has 0 aliphatic rings. The Balaban J connectivity index is 0. The Morgan fingerprint density at radius 3 is 2.39 bits per heavy atom. The second-order valence-electron chi connectivity index (χ2n) is 3.34. The van der Waals surface area contributed by atoms with Crippen LogP contribution in [0.5, 0.6) is 0 Å². The maximum atomic E-state index is 10.4. The maximum Gasteiger partial charge on any atom is 0.334 e. The van der Waals surface area contributed by atoms with Gasteiger partial charge in [0, 0.05) is 6.04 Å². The molecule has 0 radical (unpaired) electrons. The van der Waals surface area contributed by atoms with Crippen molar-refractivity contribution >= 4 is 24.3 Å². The number of nitrogens with two attached hydrogens (primary N) is 2. The highest BCUT2D eigenvalue weighted by Crippen LogP contribution is 2.02. The zero-order valence-corrected chi connectivity index (χ0v) is 10.2. The number of hydrogen-bond acceptors (Lipinski definition) is 6. The fourth-order valence-electron chi connectivity index (χ4n) is 1.11. The van der Waals surface area contributed by atoms with Gasteiger partial charge in [0.25, 0.3) is 5.96 Å². The first-order valence-electron chi connectivity index (χ1n) is 4.69. The summed E-state index contributed by atoms with van der Waals surface area (Å²) in [5.41, 5.74) is 10.3. The summed E-state index contributed by atoms with van der Waals surface area (Å²) in [5.74, 6) is -2.17. The van der Waals surface area contributed by atoms with E-state index in [9.17, 15) is 14.9 Å². The van der Waals surface area contributed by atoms with E-state index in [1.54, 1.807) is 0 Å². The van der Waals surface area contributed by atoms with E-state index >= 15 is 0 Å². The second kappa shape index (κ2) is 8.44. The van der Waals surface area contributed by atoms with Crippen LogP contribution in [0.2, 0.25) is 0 Å². The predicted octanol–water partition coefficient (Wildman–Crippen LogP) is -1.65. The number of rotatable bonds is 7. The number of nitro groups is 1. The maximum absolute atomic E-state index is 10.4. The van der Waals surface area contributed by atoms with Crippen molar-refractivity contribution in [1.29, 1.82) is 5.41 Å². The van der Waals surface area contributed by atoms with Crippen LogP contribution in [0.25, 0.3) is 0 Å². The molecular weight excluding hydrogens is 270 g/mol. The number of nitrogens with one attached hydrogen (secondary N) is 1. The summed E-state index contributed by atoms with van der Waals surface area (Å²) < 4.78 is 0. The smallest absolute Gasteiger partial charge is 0.334 e. The number of aliphatic hydroxyl groups excluding tert-OH is 1. The van der Waals surface area contributed by atoms with E-state index in [1.807, 2.05) is 0 Å². The highest BCUT2D eigenvalue weighted by atomic mass is 35.5. The summed E-state index contributed by atoms with van der Waals surface area (Å²) in [7, 11) is 0. The average Bonchev–Trinajstić information content (AvgIpc) is 2.21. The molecule has 0 rings (SSSR count). The zero-order valence-electron chi connectivity index (χ0n) is 9.35. The van der Waals surface area contributed by atoms with Crippen molar-refractivity contribution < 1.29 is 20.0 Å². The van der Waals surface area contributed by atoms with E-state index in [4.69, 9.17) is 27.1 Å². The number of guanidine groups is 1. The Hall–Kier alpha value is -1.65. The van der Waals surface area contributed by atoms with Gasteiger partial charge in [-0.3, -0.25) is 5.41 Å². The van der Waals surface area contributed by atoms with E-state index in [0.717, 1.165) is 0 Å². The fraction of sp³-hybridized carbons (Fsp3) is 0.714. The first-order chi connectivity index (χ1) is 7.77. The molecule has 0 saturated carbocycles. The van der Waals surface area contributed by atoms with Crippen LogP contribution in [-0.4, -0.2) is 50.9 Å². The summed E-state index contributed by atoms with van der Waals surface area (Å²) in [6.07, 6.45) is -1.52. The molecule has 106 valence electrons. The van der Waals surface area contributed by atoms with E-state index in [0.29, 0.717) is 5.01 Å². The lowest BCUT2D eigenvalue weighted by Crippen LogP contribution is -2.43. The molecule has 10 nitrogen and oxygen atoms in total. The molecule has 11 heteroatoms. The first kappa shape index (κ1) is 18.7. The minimum atomic E-state index is -1.71. The zero-order chi connectivity index (χ0) is 13.6. The van der Waals surface area contributed by atoms with Crippen molar-refractivity contribution in [1.82, 2.24) is 5.01 Å². The highest BCUT2D eigenvalue weighted by molar-refractivity contribution is 5.85. The Labute approximate surface area is 109 Å². The number of hydrogen-bond donors (Lipinski definition) is 5. The molecule has 0 saturated heterocycles. The molecule has 0 heterocycles. The van der Waals surface area contributed by atoms with Crippen LogP contribution in [0.1, 0.15) is 12.8 Å². The number of nitrogens with zero attached hydrogens (tertiary/aromatic N) is 2. The molecule has 0 aliphatic heterocycles. The molecule has 0 aromatic heterocycles. The number of aliphatic carboxylic acids is 1. The van der Waals surface area contributed by atoms with E-state index < -0.39 is 29.1 Å². The topological polar surface area (TPSA) is 180 Å². The summed E-state index contributed by atoms with van der Waals surface area (Å²) >= 11 is 0. The van der Waals surface area contributed by atoms with E-state index in [2.05, 4.69) is 0 Å². The third kappa shape index (κ3) is 6.18. The summed E-state index contributed by atoms with van der Waals surface area (Å²) in [4.78, 5) is 20.7. The van der Waals surface area contributed by atoms with Crippen LogP contribution in [0, 0.1) is 15.5 Å². The van der Waals surface area contributed by atoms with Gasteiger partial charge in [-0.1, -0.05) is 5.01 Å². The predicted molar refractivity (Wildman–Crippen MR) is 63.7 cm³/mol. The molecule has 2 atom stereocenters. The SMILES string of the molecule is Cl.N=C(N)N(CCCC(N)C(O)C(=O)O)[N+](=O)[O-]. The molecule has 0 aliphatic carbocycles. The van der Waals surface area contributed by atoms with Crippen LogP contribution in [-0.2, 0) is 4.79 Å². The molecule has 18 heavy (non-hydrogen) atoms. The van der Waals surface area contributed by atoms with Crippen LogP contribution < -0.4 is 11.5 Å². The summed E-state index contributed by atoms with van der Waals surface area (Å²) in [5, 5.41) is 34.3. The number of hydrazine groups is 1. The standard InChI is InChI=1S/C7H15N5O5.ClH/c8-4(5(13)6(14)15)2-1-3-11(7(9)10)12(16)17;/h4-5,13H,1-3,8H2,(H3,9,10)(H,14,15);1H. The van der Waals surface area contributed by atoms with Crippen molar-refractivity contribution in [2.45, 2.75) is 25.0 Å². The van der Waals surface area contributed by atoms with Gasteiger partial charge < -0.3 is 21.7 Å². The Bertz CT molecular complexity index is 301. The van der Waals surface area contributed by atoms with Crippen LogP contribution in [0.3, 0.4) is 0 Å². The van der Waals surface area contributed by atoms with Gasteiger partial charge in [-0.05, 0) is 12.8 Å². The first-order valence-corrected chi connectivity index (χ1v) is 4.69. The van der Waals surface area contributed by atoms with Gasteiger partial charge in [-0.15, -0.1) is 12.4 Å². The molecule has 2 unspecified atom stereocenters. The molecule has 7 N–H and O–H groups in total. The molecular formula is C7H16ClN5O5. The number of halogens is 1. The minimum absolute atomic E-state index is 0. The van der Waals surface area contributed by atoms with E-state index in [1.165, 1.54) is 0 Å². The Kier molecular flexibility index (Phi) is 8.77. The van der Waals surface area contributed by atoms with Gasteiger partial charge in [0.1, 0.15) is 0 Å². The largest absolute Gasteiger partial charge is 0.479 e. The van der Waals surface area contributed by atoms with E-state index in [-0.39, 0.29) is 31.8 Å². The Morgan fingerprint density at radius 2 is 2.06 bits per heavy atom. The van der Waals surface area contributed by atoms with Gasteiger partial charge in [-0.25, -0.2) is 14.9 Å². The van der Waals surface area contributed by atoms with Crippen molar-refractivity contribution in [3.05, 3.63) is 10.1 Å². The lowest BCUT2D eigenvalue weighted by atomic mass is 10.1. The summed E-state index contributed by atoms with van der Waals surface area (Å²) in [6.45, 7) is -0.178. The van der Waals surface area contributed by atoms with Crippen molar-refractivity contribution in [3.8, 4) is 0 Å². The van der Waals surface area contributed by atoms with Crippen molar-refractivity contribution in [3.63, 3.8) is 0 Å². The minimum Gasteiger partial charge on any atom is -0.479 e. The Morgan fingerprint density at radius 1 is 1.56 bits per heavy atom. The lowest BCUT2D eigenvalue weighted by Gasteiger charge is -2.16. The van der Waals surface area contributed by atoms with Crippen LogP contribution in [0.15, 0.2) is 0 Å². The normalized spacial score (nSPS) is 13.0. The average molecular weight is 286 g/mol. The molecule has 0 bridgehead atoms. The highest BCUT2D eigenvalue weighted by Gasteiger charge is 2.23. The van der Waals surface area contributed by atoms with Gasteiger partial charge in [0.05, 0.1) is 6.54 Å². The summed E-state index contributed by atoms with van der Waals surface area (Å²) in [6, 6.07) is -1.02. The molecule has 0 aromatic carbocycles. The van der Waals surface area contributed by atoms with Gasteiger partial charge in [-0.2, -0.15) is 0 Å². The third-order valence-corrected chi connectivity index (χ3v) is 2.04. The molecule has 0 amide bonds. The molecule has 0 spiro atoms. The number of aliphatic hydroxyl groups is 1. The van der Waals surface area contributed by atoms with Crippen LogP contribution in [0.4, 0.5) is 0 Å². The van der Waals surface area contributed by atoms with Crippen molar-refractivity contribution in [2.24, 2.45) is 11.5 Å². The third-order valence-electron chi connectivity index (χ3n) is 2.04. The van der Waals surface area contributed by atoms with Gasteiger partial charge in [0.2, 0.25) is 0 Å². The van der Waals surface area contributed by atoms with Crippen LogP contribution >= 0.6 is 12.4 Å². The van der Waals surface area contributed by atoms with Gasteiger partial charge >= 0.3 is 5.97 Å². The molecule has 0 aromatic rings. The number of carboxylic acids is 1. The molecule has 0 fully saturated rings. The second-order valence-corrected chi connectivity index (χ2v) is 3.34. The number of carbonyl (C=O) groups is 1. The monoisotopic (exact) mass is 285 g/mol. The van der Waals surface area contributed by atoms with Crippen molar-refractivity contribution in [2.75, 3.05) is 6.54 Å². The fourth-order valence-corrected chi connectivity index (χ4v) is 1.11. The quantitative estimate of drug-likeness (QED) is 0.160. The van der Waals surface area contributed by atoms with Gasteiger partial charge in [0.15, 0.2) is 11.1 Å². The lowest BCUT2D eigenvalue weighted by molar-refractivity contribution is -0.629.